The highest BCUT2D eigenvalue weighted by atomic mass is 16.7. The number of fused-ring (bicyclic) bond motifs is 2. The molecule has 176 valence electrons. The van der Waals surface area contributed by atoms with Crippen LogP contribution in [0.15, 0.2) is 48.5 Å². The van der Waals surface area contributed by atoms with Gasteiger partial charge in [-0.05, 0) is 36.6 Å². The lowest BCUT2D eigenvalue weighted by Crippen LogP contribution is -2.46. The molecule has 34 heavy (non-hydrogen) atoms. The number of likely N-dealkylation sites (tertiary alicyclic amines) is 1. The molecular formula is C26H27N3O5. The summed E-state index contributed by atoms with van der Waals surface area (Å²) in [6, 6.07) is 15.5. The average molecular weight is 462 g/mol. The van der Waals surface area contributed by atoms with E-state index >= 15 is 0 Å². The van der Waals surface area contributed by atoms with Crippen LogP contribution >= 0.6 is 0 Å². The Hall–Kier alpha value is -3.39. The number of benzene rings is 2. The molecule has 2 aromatic rings. The Labute approximate surface area is 198 Å². The van der Waals surface area contributed by atoms with Crippen molar-refractivity contribution >= 4 is 23.5 Å². The number of carbonyl (C=O) groups excluding carboxylic acids is 3. The zero-order chi connectivity index (χ0) is 23.5. The van der Waals surface area contributed by atoms with Gasteiger partial charge in [-0.2, -0.15) is 0 Å². The number of hydroxylamine groups is 1. The van der Waals surface area contributed by atoms with E-state index in [1.807, 2.05) is 47.4 Å². The van der Waals surface area contributed by atoms with Crippen LogP contribution in [-0.4, -0.2) is 60.5 Å². The zero-order valence-electron chi connectivity index (χ0n) is 19.2. The van der Waals surface area contributed by atoms with Crippen molar-refractivity contribution in [2.75, 3.05) is 38.0 Å². The normalized spacial score (nSPS) is 24.9. The maximum absolute atomic E-state index is 13.7. The van der Waals surface area contributed by atoms with Crippen molar-refractivity contribution in [3.8, 4) is 0 Å². The second kappa shape index (κ2) is 7.56. The summed E-state index contributed by atoms with van der Waals surface area (Å²) in [5.41, 5.74) is 2.20. The fourth-order valence-corrected chi connectivity index (χ4v) is 5.54. The Morgan fingerprint density at radius 3 is 2.35 bits per heavy atom. The second-order valence-corrected chi connectivity index (χ2v) is 9.68. The Balaban J connectivity index is 1.16. The first-order chi connectivity index (χ1) is 16.4. The minimum atomic E-state index is -0.720. The standard InChI is InChI=1S/C26H27N3O5/c1-18(30)28-14-15-29(33-17-28)20-8-6-19(7-9-20)25(10-11-25)24(32)27-13-12-26(16-27)22-5-3-2-4-21(22)23(31)34-26/h2-9H,10-17H2,1H3/t26-/m0/s1. The summed E-state index contributed by atoms with van der Waals surface area (Å²) in [5.74, 6) is -0.180. The van der Waals surface area contributed by atoms with Gasteiger partial charge in [0, 0.05) is 32.0 Å². The van der Waals surface area contributed by atoms with Crippen LogP contribution in [0.5, 0.6) is 0 Å². The molecular weight excluding hydrogens is 434 g/mol. The van der Waals surface area contributed by atoms with Crippen molar-refractivity contribution in [3.05, 3.63) is 65.2 Å². The number of hydrogen-bond donors (Lipinski definition) is 0. The molecule has 3 heterocycles. The van der Waals surface area contributed by atoms with Crippen LogP contribution in [-0.2, 0) is 30.2 Å². The molecule has 8 nitrogen and oxygen atoms in total. The largest absolute Gasteiger partial charge is 0.449 e. The van der Waals surface area contributed by atoms with Crippen LogP contribution in [0.3, 0.4) is 0 Å². The van der Waals surface area contributed by atoms with Gasteiger partial charge in [-0.15, -0.1) is 0 Å². The molecule has 1 atom stereocenters. The predicted octanol–water partition coefficient (Wildman–Crippen LogP) is 2.57. The first-order valence-corrected chi connectivity index (χ1v) is 11.8. The van der Waals surface area contributed by atoms with Gasteiger partial charge in [0.25, 0.3) is 0 Å². The molecule has 6 rings (SSSR count). The summed E-state index contributed by atoms with van der Waals surface area (Å²) in [6.45, 7) is 3.97. The molecule has 0 N–H and O–H groups in total. The van der Waals surface area contributed by atoms with Crippen molar-refractivity contribution in [2.45, 2.75) is 37.2 Å². The van der Waals surface area contributed by atoms with Crippen LogP contribution in [0.25, 0.3) is 0 Å². The van der Waals surface area contributed by atoms with E-state index in [9.17, 15) is 14.4 Å². The molecule has 1 saturated carbocycles. The van der Waals surface area contributed by atoms with E-state index in [0.717, 1.165) is 29.7 Å². The maximum atomic E-state index is 13.7. The molecule has 4 aliphatic rings. The molecule has 8 heteroatoms. The topological polar surface area (TPSA) is 79.4 Å². The third-order valence-electron chi connectivity index (χ3n) is 7.70. The van der Waals surface area contributed by atoms with Crippen molar-refractivity contribution in [1.29, 1.82) is 0 Å². The molecule has 0 radical (unpaired) electrons. The van der Waals surface area contributed by atoms with Crippen LogP contribution in [0.4, 0.5) is 5.69 Å². The quantitative estimate of drug-likeness (QED) is 0.654. The molecule has 0 unspecified atom stereocenters. The monoisotopic (exact) mass is 461 g/mol. The molecule has 0 aromatic heterocycles. The Kier molecular flexibility index (Phi) is 4.71. The third kappa shape index (κ3) is 3.20. The Morgan fingerprint density at radius 1 is 0.912 bits per heavy atom. The number of ether oxygens (including phenoxy) is 1. The Morgan fingerprint density at radius 2 is 1.68 bits per heavy atom. The highest BCUT2D eigenvalue weighted by molar-refractivity contribution is 5.96. The molecule has 3 fully saturated rings. The van der Waals surface area contributed by atoms with Crippen molar-refractivity contribution in [3.63, 3.8) is 0 Å². The second-order valence-electron chi connectivity index (χ2n) is 9.68. The molecule has 1 spiro atoms. The van der Waals surface area contributed by atoms with Gasteiger partial charge in [0.15, 0.2) is 5.60 Å². The van der Waals surface area contributed by atoms with E-state index in [1.54, 1.807) is 16.0 Å². The minimum Gasteiger partial charge on any atom is -0.449 e. The smallest absolute Gasteiger partial charge is 0.339 e. The highest BCUT2D eigenvalue weighted by Crippen LogP contribution is 2.52. The molecule has 2 amide bonds. The lowest BCUT2D eigenvalue weighted by molar-refractivity contribution is -0.138. The third-order valence-corrected chi connectivity index (χ3v) is 7.70. The van der Waals surface area contributed by atoms with Crippen LogP contribution in [0.2, 0.25) is 0 Å². The summed E-state index contributed by atoms with van der Waals surface area (Å²) in [7, 11) is 0. The van der Waals surface area contributed by atoms with Crippen LogP contribution in [0.1, 0.15) is 47.7 Å². The first kappa shape index (κ1) is 21.2. The maximum Gasteiger partial charge on any atom is 0.339 e. The summed E-state index contributed by atoms with van der Waals surface area (Å²) in [4.78, 5) is 46.8. The fraction of sp³-hybridized carbons (Fsp3) is 0.423. The van der Waals surface area contributed by atoms with E-state index in [2.05, 4.69) is 0 Å². The van der Waals surface area contributed by atoms with E-state index in [-0.39, 0.29) is 24.5 Å². The highest BCUT2D eigenvalue weighted by Gasteiger charge is 2.57. The molecule has 3 aliphatic heterocycles. The molecule has 1 aliphatic carbocycles. The van der Waals surface area contributed by atoms with E-state index in [4.69, 9.17) is 9.57 Å². The number of amides is 2. The van der Waals surface area contributed by atoms with Crippen molar-refractivity contribution < 1.29 is 24.0 Å². The summed E-state index contributed by atoms with van der Waals surface area (Å²) >= 11 is 0. The number of rotatable bonds is 3. The zero-order valence-corrected chi connectivity index (χ0v) is 19.2. The number of esters is 1. The first-order valence-electron chi connectivity index (χ1n) is 11.8. The van der Waals surface area contributed by atoms with Gasteiger partial charge in [-0.1, -0.05) is 30.3 Å². The van der Waals surface area contributed by atoms with Crippen molar-refractivity contribution in [2.24, 2.45) is 0 Å². The average Bonchev–Trinajstić information content (AvgIpc) is 3.50. The van der Waals surface area contributed by atoms with Crippen molar-refractivity contribution in [1.82, 2.24) is 9.80 Å². The van der Waals surface area contributed by atoms with Gasteiger partial charge in [0.05, 0.1) is 29.8 Å². The summed E-state index contributed by atoms with van der Waals surface area (Å²) in [5, 5.41) is 1.79. The molecule has 2 saturated heterocycles. The van der Waals surface area contributed by atoms with Crippen LogP contribution in [0, 0.1) is 0 Å². The number of hydrogen-bond acceptors (Lipinski definition) is 6. The number of anilines is 1. The number of carbonyl (C=O) groups is 3. The predicted molar refractivity (Wildman–Crippen MR) is 123 cm³/mol. The van der Waals surface area contributed by atoms with Crippen LogP contribution < -0.4 is 5.06 Å². The van der Waals surface area contributed by atoms with E-state index < -0.39 is 11.0 Å². The minimum absolute atomic E-state index is 0.00346. The lowest BCUT2D eigenvalue weighted by Gasteiger charge is -2.34. The summed E-state index contributed by atoms with van der Waals surface area (Å²) < 4.78 is 5.83. The summed E-state index contributed by atoms with van der Waals surface area (Å²) in [6.07, 6.45) is 2.26. The van der Waals surface area contributed by atoms with Gasteiger partial charge >= 0.3 is 5.97 Å². The number of nitrogens with zero attached hydrogens (tertiary/aromatic N) is 3. The van der Waals surface area contributed by atoms with Gasteiger partial charge in [0.1, 0.15) is 6.73 Å². The fourth-order valence-electron chi connectivity index (χ4n) is 5.54. The van der Waals surface area contributed by atoms with E-state index in [0.29, 0.717) is 38.2 Å². The molecule has 0 bridgehead atoms. The molecule has 2 aromatic carbocycles. The van der Waals surface area contributed by atoms with Gasteiger partial charge < -0.3 is 14.5 Å². The van der Waals surface area contributed by atoms with Gasteiger partial charge in [-0.25, -0.2) is 4.79 Å². The SMILES string of the molecule is CC(=O)N1CCN(c2ccc(C3(C(=O)N4CC[C@@]5(C4)OC(=O)c4ccccc45)CC3)cc2)OC1. The Bertz CT molecular complexity index is 1170. The lowest BCUT2D eigenvalue weighted by atomic mass is 9.91. The van der Waals surface area contributed by atoms with Gasteiger partial charge in [-0.3, -0.25) is 19.5 Å². The van der Waals surface area contributed by atoms with E-state index in [1.165, 1.54) is 6.92 Å². The van der Waals surface area contributed by atoms with Gasteiger partial charge in [0.2, 0.25) is 11.8 Å².